The lowest BCUT2D eigenvalue weighted by Crippen LogP contribution is -1.99. The van der Waals surface area contributed by atoms with Gasteiger partial charge in [0.1, 0.15) is 5.83 Å². The quantitative estimate of drug-likeness (QED) is 0.412. The molecule has 6 heteroatoms. The molecule has 0 aromatic carbocycles. The lowest BCUT2D eigenvalue weighted by Gasteiger charge is -1.94. The van der Waals surface area contributed by atoms with Crippen LogP contribution in [-0.2, 0) is 4.79 Å². The van der Waals surface area contributed by atoms with Crippen LogP contribution in [0.15, 0.2) is 36.2 Å². The van der Waals surface area contributed by atoms with Gasteiger partial charge < -0.3 is 0 Å². The molecule has 90 valence electrons. The van der Waals surface area contributed by atoms with E-state index in [1.54, 1.807) is 0 Å². The van der Waals surface area contributed by atoms with Crippen LogP contribution in [0.3, 0.4) is 0 Å². The zero-order valence-electron chi connectivity index (χ0n) is 8.10. The van der Waals surface area contributed by atoms with Crippen LogP contribution >= 0.6 is 11.6 Å². The highest BCUT2D eigenvalue weighted by atomic mass is 35.5. The van der Waals surface area contributed by atoms with Crippen molar-refractivity contribution in [3.8, 4) is 0 Å². The first-order chi connectivity index (χ1) is 7.31. The van der Waals surface area contributed by atoms with Gasteiger partial charge in [-0.15, -0.1) is 0 Å². The monoisotopic (exact) mass is 256 g/mol. The summed E-state index contributed by atoms with van der Waals surface area (Å²) in [5.41, 5.74) is 0. The summed E-state index contributed by atoms with van der Waals surface area (Å²) in [6.07, 6.45) is -0.793. The number of hydrogen-bond donors (Lipinski definition) is 0. The fraction of sp³-hybridized carbons (Fsp3) is 0.300. The molecule has 0 fully saturated rings. The number of allylic oxidation sites excluding steroid dienone is 6. The standard InChI is InChI=1S/C10H9ClF4O/c11-9(16)6-3-5-8(12)4-1-2-7-10(13,14)15/h1-2,4-5,7H,3,6H2. The predicted molar refractivity (Wildman–Crippen MR) is 53.6 cm³/mol. The summed E-state index contributed by atoms with van der Waals surface area (Å²) in [6, 6.07) is 0. The summed E-state index contributed by atoms with van der Waals surface area (Å²) in [4.78, 5) is 10.3. The van der Waals surface area contributed by atoms with E-state index in [-0.39, 0.29) is 18.9 Å². The zero-order chi connectivity index (χ0) is 12.6. The number of halogens is 5. The number of hydrogen-bond acceptors (Lipinski definition) is 1. The second kappa shape index (κ2) is 7.22. The van der Waals surface area contributed by atoms with E-state index in [1.165, 1.54) is 0 Å². The Balaban J connectivity index is 4.04. The molecule has 0 saturated carbocycles. The average Bonchev–Trinajstić information content (AvgIpc) is 2.10. The maximum absolute atomic E-state index is 12.8. The molecular formula is C10H9ClF4O. The summed E-state index contributed by atoms with van der Waals surface area (Å²) >= 11 is 4.99. The molecule has 0 aliphatic carbocycles. The Labute approximate surface area is 95.1 Å². The van der Waals surface area contributed by atoms with Crippen LogP contribution in [0, 0.1) is 0 Å². The summed E-state index contributed by atoms with van der Waals surface area (Å²) in [6.45, 7) is 0. The van der Waals surface area contributed by atoms with Crippen molar-refractivity contribution in [1.82, 2.24) is 0 Å². The van der Waals surface area contributed by atoms with E-state index < -0.39 is 17.2 Å². The first-order valence-corrected chi connectivity index (χ1v) is 4.65. The summed E-state index contributed by atoms with van der Waals surface area (Å²) in [7, 11) is 0. The van der Waals surface area contributed by atoms with Gasteiger partial charge >= 0.3 is 6.18 Å². The molecule has 0 atom stereocenters. The van der Waals surface area contributed by atoms with Crippen molar-refractivity contribution >= 4 is 16.8 Å². The van der Waals surface area contributed by atoms with Crippen LogP contribution in [-0.4, -0.2) is 11.4 Å². The summed E-state index contributed by atoms with van der Waals surface area (Å²) < 4.78 is 47.5. The van der Waals surface area contributed by atoms with Gasteiger partial charge in [-0.05, 0) is 30.2 Å². The molecule has 0 rings (SSSR count). The van der Waals surface area contributed by atoms with Crippen molar-refractivity contribution in [2.45, 2.75) is 19.0 Å². The summed E-state index contributed by atoms with van der Waals surface area (Å²) in [5, 5.41) is -0.593. The minimum absolute atomic E-state index is 0.0127. The number of carbonyl (C=O) groups excluding carboxylic acids is 1. The molecule has 0 spiro atoms. The molecule has 1 nitrogen and oxygen atoms in total. The fourth-order valence-electron chi connectivity index (χ4n) is 0.704. The topological polar surface area (TPSA) is 17.1 Å². The second-order valence-electron chi connectivity index (χ2n) is 2.74. The number of alkyl halides is 3. The van der Waals surface area contributed by atoms with Gasteiger partial charge in [-0.2, -0.15) is 13.2 Å². The van der Waals surface area contributed by atoms with Crippen molar-refractivity contribution in [1.29, 1.82) is 0 Å². The van der Waals surface area contributed by atoms with Crippen molar-refractivity contribution in [3.05, 3.63) is 36.2 Å². The number of carbonyl (C=O) groups is 1. The molecular weight excluding hydrogens is 248 g/mol. The Kier molecular flexibility index (Phi) is 6.72. The van der Waals surface area contributed by atoms with Crippen LogP contribution in [0.5, 0.6) is 0 Å². The molecule has 0 aliphatic heterocycles. The third kappa shape index (κ3) is 11.0. The van der Waals surface area contributed by atoms with Gasteiger partial charge in [0, 0.05) is 12.5 Å². The Bertz CT molecular complexity index is 315. The molecule has 0 saturated heterocycles. The molecule has 0 N–H and O–H groups in total. The van der Waals surface area contributed by atoms with Gasteiger partial charge in [0.05, 0.1) is 0 Å². The van der Waals surface area contributed by atoms with Crippen molar-refractivity contribution in [2.75, 3.05) is 0 Å². The largest absolute Gasteiger partial charge is 0.409 e. The van der Waals surface area contributed by atoms with E-state index >= 15 is 0 Å². The van der Waals surface area contributed by atoms with E-state index in [4.69, 9.17) is 11.6 Å². The van der Waals surface area contributed by atoms with Crippen molar-refractivity contribution in [3.63, 3.8) is 0 Å². The van der Waals surface area contributed by atoms with E-state index in [9.17, 15) is 22.4 Å². The van der Waals surface area contributed by atoms with E-state index in [1.807, 2.05) is 0 Å². The van der Waals surface area contributed by atoms with Crippen molar-refractivity contribution in [2.24, 2.45) is 0 Å². The van der Waals surface area contributed by atoms with Crippen LogP contribution in [0.4, 0.5) is 17.6 Å². The molecule has 0 aliphatic rings. The molecule has 0 heterocycles. The Morgan fingerprint density at radius 1 is 1.25 bits per heavy atom. The van der Waals surface area contributed by atoms with Gasteiger partial charge in [-0.1, -0.05) is 12.2 Å². The van der Waals surface area contributed by atoms with Gasteiger partial charge in [-0.3, -0.25) is 4.79 Å². The predicted octanol–water partition coefficient (Wildman–Crippen LogP) is 4.06. The van der Waals surface area contributed by atoms with Gasteiger partial charge in [-0.25, -0.2) is 4.39 Å². The highest BCUT2D eigenvalue weighted by Crippen LogP contribution is 2.15. The van der Waals surface area contributed by atoms with Crippen LogP contribution < -0.4 is 0 Å². The maximum Gasteiger partial charge on any atom is 0.409 e. The molecule has 0 aromatic heterocycles. The number of rotatable bonds is 5. The molecule has 16 heavy (non-hydrogen) atoms. The van der Waals surface area contributed by atoms with Gasteiger partial charge in [0.15, 0.2) is 0 Å². The minimum Gasteiger partial charge on any atom is -0.281 e. The molecule has 0 bridgehead atoms. The Morgan fingerprint density at radius 2 is 1.88 bits per heavy atom. The van der Waals surface area contributed by atoms with E-state index in [2.05, 4.69) is 0 Å². The SMILES string of the molecule is O=C(Cl)CCC=C(F)C=CC=CC(F)(F)F. The Hall–Kier alpha value is -1.10. The van der Waals surface area contributed by atoms with Gasteiger partial charge in [0.2, 0.25) is 5.24 Å². The average molecular weight is 257 g/mol. The lowest BCUT2D eigenvalue weighted by molar-refractivity contribution is -0.111. The normalized spacial score (nSPS) is 13.9. The highest BCUT2D eigenvalue weighted by molar-refractivity contribution is 6.63. The summed E-state index contributed by atoms with van der Waals surface area (Å²) in [5.74, 6) is -0.718. The lowest BCUT2D eigenvalue weighted by atomic mass is 10.3. The molecule has 0 unspecified atom stereocenters. The highest BCUT2D eigenvalue weighted by Gasteiger charge is 2.21. The molecule has 0 aromatic rings. The fourth-order valence-corrected chi connectivity index (χ4v) is 0.813. The first kappa shape index (κ1) is 14.9. The second-order valence-corrected chi connectivity index (χ2v) is 3.16. The first-order valence-electron chi connectivity index (χ1n) is 4.28. The third-order valence-corrected chi connectivity index (χ3v) is 1.52. The Morgan fingerprint density at radius 3 is 2.38 bits per heavy atom. The van der Waals surface area contributed by atoms with Crippen LogP contribution in [0.2, 0.25) is 0 Å². The molecule has 0 amide bonds. The van der Waals surface area contributed by atoms with E-state index in [0.717, 1.165) is 18.2 Å². The van der Waals surface area contributed by atoms with E-state index in [0.29, 0.717) is 6.08 Å². The maximum atomic E-state index is 12.8. The minimum atomic E-state index is -4.41. The van der Waals surface area contributed by atoms with Crippen molar-refractivity contribution < 1.29 is 22.4 Å². The smallest absolute Gasteiger partial charge is 0.281 e. The zero-order valence-corrected chi connectivity index (χ0v) is 8.85. The van der Waals surface area contributed by atoms with Crippen LogP contribution in [0.1, 0.15) is 12.8 Å². The van der Waals surface area contributed by atoms with Gasteiger partial charge in [0.25, 0.3) is 0 Å². The third-order valence-electron chi connectivity index (χ3n) is 1.33. The molecule has 0 radical (unpaired) electrons. The van der Waals surface area contributed by atoms with Crippen LogP contribution in [0.25, 0.3) is 0 Å².